The predicted molar refractivity (Wildman–Crippen MR) is 526 cm³/mol. The highest BCUT2D eigenvalue weighted by atomic mass is 16.7. The molecule has 35 nitrogen and oxygen atoms in total. The number of allylic oxidation sites excluding steroid dienone is 8. The smallest absolute Gasteiger partial charge is 0.248 e. The van der Waals surface area contributed by atoms with Crippen LogP contribution in [0.5, 0.6) is 0 Å². The van der Waals surface area contributed by atoms with Gasteiger partial charge in [0.05, 0.1) is 0 Å². The highest BCUT2D eigenvalue weighted by Gasteiger charge is 2.29. The van der Waals surface area contributed by atoms with E-state index in [0.717, 1.165) is 141 Å². The van der Waals surface area contributed by atoms with Crippen LogP contribution in [-0.2, 0) is 67.3 Å². The topological polar surface area (TPSA) is 490 Å². The molecule has 0 bridgehead atoms. The van der Waals surface area contributed by atoms with E-state index in [4.69, 9.17) is 30.8 Å². The second-order valence-corrected chi connectivity index (χ2v) is 33.0. The van der Waals surface area contributed by atoms with Crippen LogP contribution in [0.4, 0.5) is 0 Å². The third-order valence-corrected chi connectivity index (χ3v) is 20.9. The number of rotatable bonds is 95. The van der Waals surface area contributed by atoms with Crippen molar-refractivity contribution in [1.82, 2.24) is 75.5 Å². The fraction of sp³-hybridized carbons (Fsp3) is 0.760. The first-order valence-electron chi connectivity index (χ1n) is 50.0. The number of hydrogen-bond donors (Lipinski definition) is 16. The van der Waals surface area contributed by atoms with Gasteiger partial charge in [-0.05, 0) is 173 Å². The molecular formula is C96H177N21O14. The summed E-state index contributed by atoms with van der Waals surface area (Å²) < 4.78 is 0. The Morgan fingerprint density at radius 2 is 0.473 bits per heavy atom. The maximum atomic E-state index is 14.2. The van der Waals surface area contributed by atoms with Crippen LogP contribution < -0.4 is 87.0 Å². The molecule has 0 radical (unpaired) electrons. The van der Waals surface area contributed by atoms with Crippen molar-refractivity contribution in [3.63, 3.8) is 0 Å². The van der Waals surface area contributed by atoms with E-state index in [2.05, 4.69) is 177 Å². The van der Waals surface area contributed by atoms with Crippen LogP contribution >= 0.6 is 0 Å². The molecule has 0 aromatic rings. The molecule has 18 N–H and O–H groups in total. The van der Waals surface area contributed by atoms with Gasteiger partial charge in [-0.25, -0.2) is 24.3 Å². The van der Waals surface area contributed by atoms with Gasteiger partial charge >= 0.3 is 0 Å². The molecule has 3 atom stereocenters. The van der Waals surface area contributed by atoms with Crippen LogP contribution in [0.3, 0.4) is 0 Å². The van der Waals surface area contributed by atoms with E-state index in [9.17, 15) is 47.9 Å². The molecule has 35 heteroatoms. The zero-order valence-electron chi connectivity index (χ0n) is 80.9. The average molecular weight is 1850 g/mol. The van der Waals surface area contributed by atoms with Crippen molar-refractivity contribution < 1.29 is 67.3 Å². The first kappa shape index (κ1) is 122. The van der Waals surface area contributed by atoms with Crippen molar-refractivity contribution in [2.45, 2.75) is 393 Å². The summed E-state index contributed by atoms with van der Waals surface area (Å²) in [6.45, 7) is 7.13. The van der Waals surface area contributed by atoms with Crippen LogP contribution in [0.15, 0.2) is 74.0 Å². The van der Waals surface area contributed by atoms with Gasteiger partial charge in [-0.15, -0.1) is 0 Å². The monoisotopic (exact) mass is 1850 g/mol. The molecule has 0 aliphatic rings. The number of carbonyl (C=O) groups excluding carboxylic acids is 10. The van der Waals surface area contributed by atoms with Gasteiger partial charge < -0.3 is 64.6 Å². The Kier molecular flexibility index (Phi) is 89.8. The van der Waals surface area contributed by atoms with Crippen molar-refractivity contribution >= 4 is 89.9 Å². The summed E-state index contributed by atoms with van der Waals surface area (Å²) in [5, 5.41) is 42.4. The Morgan fingerprint density at radius 3 is 0.733 bits per heavy atom. The van der Waals surface area contributed by atoms with E-state index in [-0.39, 0.29) is 104 Å². The lowest BCUT2D eigenvalue weighted by molar-refractivity contribution is -0.131. The molecule has 0 saturated carbocycles. The number of guanidine groups is 1. The van der Waals surface area contributed by atoms with Gasteiger partial charge in [-0.2, -0.15) is 42.8 Å². The van der Waals surface area contributed by atoms with Crippen molar-refractivity contribution in [2.75, 3.05) is 78.8 Å². The minimum absolute atomic E-state index is 0.00392. The summed E-state index contributed by atoms with van der Waals surface area (Å²) >= 11 is 0. The normalized spacial score (nSPS) is 12.3. The van der Waals surface area contributed by atoms with Gasteiger partial charge in [-0.3, -0.25) is 47.9 Å². The standard InChI is InChI=1S/C96H177N21O14/c1-5-9-13-17-21-25-29-33-37-41-45-49-53-57-67-107-114-128-79-89(121)101-73-71-99-86(118)64-61-83(93(125)105-77-75-103-91(123)81-130-116-109-69-59-55-51-47-43-39-35-31-27-23-19-15-11-7-3)111-88(120)66-63-85(113-96(97)98)95(127)112-84(94(126)106-78-76-104-92(124)82-131-117-110-70-60-56-52-48-44-40-36-32-28-24-20-16-12-8-4)62-65-87(119)100-72-74-102-90(122)80-129-115-108-68-58-54-50-46-42-38-34-30-26-22-18-14-10-6-2/h25-32,67-70,83-85,114-117H,5-24,33-66,71-82H2,1-4H3,(H,99,118)(H,100,119)(H,101,121)(H,102,122)(H,103,123)(H,104,124)(H,105,125)(H,106,126)(H,111,120)(H,112,127)(H4,97,98,113)/b29-25-,30-26-,31-27-,32-28-,107-67+,108-68+,109-69+,110-70+/t83-,84-,85-/m0/s1. The number of hydrazone groups is 4. The molecule has 0 aliphatic heterocycles. The number of aliphatic imine (C=N–C) groups is 1. The molecule has 0 rings (SSSR count). The van der Waals surface area contributed by atoms with Crippen LogP contribution in [-0.4, -0.2) is 187 Å². The SMILES string of the molecule is CCCCCC/C=C\CCCCCCC/C=N/NOCC(=O)NCCNC(=O)CC[C@H](NC(=O)CC[C@H](N=C(N)N)C(=O)N[C@@H](CCC(=O)NCCNC(=O)CON/N=C/CCCCCCC/C=C\CCCCCC)C(=O)NCCNC(=O)CON/N=C/CCCCCCC/C=C\CCCCCC)C(=O)NCCNC(=O)CON/N=C/CCCCCCC/C=C\CCCCCC. The lowest BCUT2D eigenvalue weighted by Crippen LogP contribution is -2.51. The molecule has 0 aliphatic carbocycles. The Hall–Kier alpha value is -9.35. The first-order valence-corrected chi connectivity index (χ1v) is 50.0. The highest BCUT2D eigenvalue weighted by molar-refractivity contribution is 5.93. The summed E-state index contributed by atoms with van der Waals surface area (Å²) in [4.78, 5) is 157. The van der Waals surface area contributed by atoms with Crippen molar-refractivity contribution in [3.8, 4) is 0 Å². The molecule has 0 aromatic heterocycles. The molecule has 0 spiro atoms. The highest BCUT2D eigenvalue weighted by Crippen LogP contribution is 2.15. The second kappa shape index (κ2) is 96.7. The third-order valence-electron chi connectivity index (χ3n) is 20.9. The molecule has 0 saturated heterocycles. The number of nitrogens with two attached hydrogens (primary N) is 2. The fourth-order valence-electron chi connectivity index (χ4n) is 13.3. The summed E-state index contributed by atoms with van der Waals surface area (Å²) in [7, 11) is 0. The lowest BCUT2D eigenvalue weighted by Gasteiger charge is -2.22. The van der Waals surface area contributed by atoms with E-state index in [0.29, 0.717) is 0 Å². The molecule has 0 heterocycles. The Balaban J connectivity index is 5.88. The van der Waals surface area contributed by atoms with Crippen LogP contribution in [0.25, 0.3) is 0 Å². The van der Waals surface area contributed by atoms with Gasteiger partial charge in [0.15, 0.2) is 32.4 Å². The lowest BCUT2D eigenvalue weighted by atomic mass is 10.1. The van der Waals surface area contributed by atoms with Crippen LogP contribution in [0, 0.1) is 0 Å². The first-order chi connectivity index (χ1) is 64.1. The molecule has 0 fully saturated rings. The van der Waals surface area contributed by atoms with E-state index in [1.54, 1.807) is 24.9 Å². The number of unbranched alkanes of at least 4 members (excludes halogenated alkanes) is 40. The minimum atomic E-state index is -1.51. The summed E-state index contributed by atoms with van der Waals surface area (Å²) in [6.07, 6.45) is 78.2. The van der Waals surface area contributed by atoms with Gasteiger partial charge in [0.25, 0.3) is 0 Å². The van der Waals surface area contributed by atoms with Gasteiger partial charge in [0.1, 0.15) is 18.1 Å². The average Bonchev–Trinajstić information content (AvgIpc) is 0.887. The maximum absolute atomic E-state index is 14.2. The fourth-order valence-corrected chi connectivity index (χ4v) is 13.3. The Labute approximate surface area is 785 Å². The summed E-state index contributed by atoms with van der Waals surface area (Å²) in [5.41, 5.74) is 21.3. The van der Waals surface area contributed by atoms with Crippen LogP contribution in [0.1, 0.15) is 374 Å². The van der Waals surface area contributed by atoms with E-state index >= 15 is 0 Å². The molecule has 131 heavy (non-hydrogen) atoms. The predicted octanol–water partition coefficient (Wildman–Crippen LogP) is 12.9. The minimum Gasteiger partial charge on any atom is -0.370 e. The van der Waals surface area contributed by atoms with Crippen LogP contribution in [0.2, 0.25) is 0 Å². The number of hydrogen-bond acceptors (Lipinski definition) is 23. The quantitative estimate of drug-likeness (QED) is 0.00884. The largest absolute Gasteiger partial charge is 0.370 e. The number of carbonyl (C=O) groups is 10. The number of nitrogens with zero attached hydrogens (tertiary/aromatic N) is 5. The molecule has 10 amide bonds. The zero-order chi connectivity index (χ0) is 95.5. The molecule has 0 unspecified atom stereocenters. The van der Waals surface area contributed by atoms with Crippen molar-refractivity contribution in [1.29, 1.82) is 0 Å². The Bertz CT molecular complexity index is 3140. The molecule has 750 valence electrons. The van der Waals surface area contributed by atoms with Gasteiger partial charge in [0.2, 0.25) is 59.1 Å². The maximum Gasteiger partial charge on any atom is 0.248 e. The summed E-state index contributed by atoms with van der Waals surface area (Å²) in [5.74, 6) is -6.77. The van der Waals surface area contributed by atoms with Gasteiger partial charge in [-0.1, -0.05) is 230 Å². The molecular weight excluding hydrogens is 1670 g/mol. The third kappa shape index (κ3) is 89.6. The Morgan fingerprint density at radius 1 is 0.252 bits per heavy atom. The molecule has 0 aromatic carbocycles. The number of amides is 10. The van der Waals surface area contributed by atoms with E-state index < -0.39 is 96.2 Å². The summed E-state index contributed by atoms with van der Waals surface area (Å²) in [6, 6.07) is -4.26. The van der Waals surface area contributed by atoms with E-state index in [1.165, 1.54) is 167 Å². The van der Waals surface area contributed by atoms with Crippen molar-refractivity contribution in [3.05, 3.63) is 48.6 Å². The zero-order valence-corrected chi connectivity index (χ0v) is 80.9. The number of nitrogens with one attached hydrogen (secondary N) is 14. The second-order valence-electron chi connectivity index (χ2n) is 33.0. The van der Waals surface area contributed by atoms with Crippen molar-refractivity contribution in [2.24, 2.45) is 36.9 Å². The van der Waals surface area contributed by atoms with E-state index in [1.807, 2.05) is 0 Å². The van der Waals surface area contributed by atoms with Gasteiger partial charge in [0, 0.05) is 96.5 Å².